The zero-order chi connectivity index (χ0) is 23.5. The van der Waals surface area contributed by atoms with Gasteiger partial charge in [-0.15, -0.1) is 18.3 Å². The molecule has 3 fully saturated rings. The van der Waals surface area contributed by atoms with Gasteiger partial charge in [-0.25, -0.2) is 0 Å². The SMILES string of the molecule is C=CCOC(=O)[C@@H]1[C@H]2C(=O)N(CCO)C(C(=O)N(CC=C)CCCCC)C23CC[C@@]1(C)S3. The summed E-state index contributed by atoms with van der Waals surface area (Å²) >= 11 is 1.61. The average molecular weight is 465 g/mol. The lowest BCUT2D eigenvalue weighted by Crippen LogP contribution is -2.55. The smallest absolute Gasteiger partial charge is 0.311 e. The number of fused-ring (bicyclic) bond motifs is 1. The summed E-state index contributed by atoms with van der Waals surface area (Å²) in [5.41, 5.74) is 0. The fourth-order valence-corrected chi connectivity index (χ4v) is 8.15. The molecule has 3 heterocycles. The van der Waals surface area contributed by atoms with Crippen molar-refractivity contribution >= 4 is 29.5 Å². The van der Waals surface area contributed by atoms with E-state index in [1.165, 1.54) is 11.0 Å². The lowest BCUT2D eigenvalue weighted by atomic mass is 9.66. The molecule has 2 amide bonds. The molecule has 0 aromatic rings. The van der Waals surface area contributed by atoms with Gasteiger partial charge in [-0.2, -0.15) is 0 Å². The van der Waals surface area contributed by atoms with Gasteiger partial charge >= 0.3 is 5.97 Å². The van der Waals surface area contributed by atoms with Crippen molar-refractivity contribution in [3.63, 3.8) is 0 Å². The molecular weight excluding hydrogens is 428 g/mol. The first-order chi connectivity index (χ1) is 15.3. The number of aliphatic hydroxyl groups excluding tert-OH is 1. The van der Waals surface area contributed by atoms with Crippen molar-refractivity contribution in [2.45, 2.75) is 61.5 Å². The summed E-state index contributed by atoms with van der Waals surface area (Å²) in [6.07, 6.45) is 7.60. The fraction of sp³-hybridized carbons (Fsp3) is 0.708. The molecule has 3 rings (SSSR count). The van der Waals surface area contributed by atoms with E-state index in [0.29, 0.717) is 19.5 Å². The Labute approximate surface area is 195 Å². The van der Waals surface area contributed by atoms with Crippen LogP contribution in [0, 0.1) is 11.8 Å². The van der Waals surface area contributed by atoms with Crippen molar-refractivity contribution in [2.24, 2.45) is 11.8 Å². The Bertz CT molecular complexity index is 773. The molecule has 0 radical (unpaired) electrons. The van der Waals surface area contributed by atoms with Gasteiger partial charge in [0.25, 0.3) is 0 Å². The second-order valence-corrected chi connectivity index (χ2v) is 11.1. The second-order valence-electron chi connectivity index (χ2n) is 9.18. The van der Waals surface area contributed by atoms with Crippen LogP contribution in [0.1, 0.15) is 46.0 Å². The van der Waals surface area contributed by atoms with Crippen LogP contribution in [0.15, 0.2) is 25.3 Å². The summed E-state index contributed by atoms with van der Waals surface area (Å²) in [7, 11) is 0. The van der Waals surface area contributed by atoms with E-state index in [1.54, 1.807) is 22.7 Å². The molecule has 32 heavy (non-hydrogen) atoms. The minimum absolute atomic E-state index is 0.0794. The second kappa shape index (κ2) is 10.00. The predicted octanol–water partition coefficient (Wildman–Crippen LogP) is 2.39. The van der Waals surface area contributed by atoms with Gasteiger partial charge in [0, 0.05) is 24.4 Å². The third-order valence-corrected chi connectivity index (χ3v) is 9.13. The number of nitrogens with zero attached hydrogens (tertiary/aromatic N) is 2. The molecule has 0 aromatic carbocycles. The van der Waals surface area contributed by atoms with Gasteiger partial charge in [-0.1, -0.05) is 38.5 Å². The maximum atomic E-state index is 13.9. The Morgan fingerprint density at radius 2 is 2.06 bits per heavy atom. The lowest BCUT2D eigenvalue weighted by Gasteiger charge is -2.37. The highest BCUT2D eigenvalue weighted by atomic mass is 32.2. The molecule has 0 saturated carbocycles. The number of likely N-dealkylation sites (tertiary alicyclic amines) is 1. The number of unbranched alkanes of at least 4 members (excludes halogenated alkanes) is 2. The van der Waals surface area contributed by atoms with Crippen LogP contribution in [-0.4, -0.2) is 81.1 Å². The Balaban J connectivity index is 1.98. The van der Waals surface area contributed by atoms with E-state index in [1.807, 2.05) is 6.92 Å². The van der Waals surface area contributed by atoms with Gasteiger partial charge in [0.15, 0.2) is 0 Å². The van der Waals surface area contributed by atoms with Crippen LogP contribution >= 0.6 is 11.8 Å². The van der Waals surface area contributed by atoms with Crippen molar-refractivity contribution < 1.29 is 24.2 Å². The van der Waals surface area contributed by atoms with Crippen LogP contribution in [0.25, 0.3) is 0 Å². The minimum Gasteiger partial charge on any atom is -0.461 e. The molecule has 3 aliphatic heterocycles. The summed E-state index contributed by atoms with van der Waals surface area (Å²) < 4.78 is 4.26. The molecule has 1 N–H and O–H groups in total. The molecule has 8 heteroatoms. The maximum Gasteiger partial charge on any atom is 0.311 e. The van der Waals surface area contributed by atoms with Crippen LogP contribution in [-0.2, 0) is 19.1 Å². The van der Waals surface area contributed by atoms with Crippen LogP contribution in [0.3, 0.4) is 0 Å². The van der Waals surface area contributed by atoms with E-state index < -0.39 is 33.3 Å². The number of carbonyl (C=O) groups is 3. The molecule has 0 aromatic heterocycles. The third kappa shape index (κ3) is 4.00. The quantitative estimate of drug-likeness (QED) is 0.271. The zero-order valence-corrected chi connectivity index (χ0v) is 20.1. The summed E-state index contributed by atoms with van der Waals surface area (Å²) in [5, 5.41) is 9.69. The van der Waals surface area contributed by atoms with Crippen molar-refractivity contribution in [2.75, 3.05) is 32.8 Å². The number of amides is 2. The molecular formula is C24H36N2O5S. The first-order valence-electron chi connectivity index (χ1n) is 11.6. The molecule has 3 aliphatic rings. The molecule has 0 aliphatic carbocycles. The Kier molecular flexibility index (Phi) is 7.76. The van der Waals surface area contributed by atoms with E-state index in [0.717, 1.165) is 25.7 Å². The number of esters is 1. The van der Waals surface area contributed by atoms with Crippen LogP contribution < -0.4 is 0 Å². The number of aliphatic hydroxyl groups is 1. The third-order valence-electron chi connectivity index (χ3n) is 7.14. The molecule has 7 nitrogen and oxygen atoms in total. The summed E-state index contributed by atoms with van der Waals surface area (Å²) in [4.78, 5) is 43.9. The number of hydrogen-bond acceptors (Lipinski definition) is 6. The summed E-state index contributed by atoms with van der Waals surface area (Å²) in [6, 6.07) is -0.697. The fourth-order valence-electron chi connectivity index (χ4n) is 5.81. The Hall–Kier alpha value is -1.80. The summed E-state index contributed by atoms with van der Waals surface area (Å²) in [6.45, 7) is 12.5. The Morgan fingerprint density at radius 3 is 2.69 bits per heavy atom. The molecule has 5 atom stereocenters. The maximum absolute atomic E-state index is 13.9. The first-order valence-corrected chi connectivity index (χ1v) is 12.4. The van der Waals surface area contributed by atoms with Crippen molar-refractivity contribution in [1.82, 2.24) is 9.80 Å². The predicted molar refractivity (Wildman–Crippen MR) is 125 cm³/mol. The van der Waals surface area contributed by atoms with Gasteiger partial charge in [0.1, 0.15) is 12.6 Å². The number of carbonyl (C=O) groups excluding carboxylic acids is 3. The molecule has 1 spiro atoms. The standard InChI is InChI=1S/C24H36N2O5S/c1-5-8-9-13-25(12-6-2)21(29)19-24-11-10-23(4,32-24)18(22(30)31-16-7-3)17(24)20(28)26(19)14-15-27/h6-7,17-19,27H,2-3,5,8-16H2,1,4H3/t17-,18-,19?,23+,24?/m0/s1. The zero-order valence-electron chi connectivity index (χ0n) is 19.3. The molecule has 178 valence electrons. The largest absolute Gasteiger partial charge is 0.461 e. The van der Waals surface area contributed by atoms with Crippen molar-refractivity contribution in [3.05, 3.63) is 25.3 Å². The lowest BCUT2D eigenvalue weighted by molar-refractivity contribution is -0.154. The monoisotopic (exact) mass is 464 g/mol. The van der Waals surface area contributed by atoms with Crippen molar-refractivity contribution in [1.29, 1.82) is 0 Å². The van der Waals surface area contributed by atoms with E-state index in [2.05, 4.69) is 20.1 Å². The van der Waals surface area contributed by atoms with E-state index in [9.17, 15) is 19.5 Å². The van der Waals surface area contributed by atoms with Gasteiger partial charge in [-0.3, -0.25) is 14.4 Å². The van der Waals surface area contributed by atoms with Crippen LogP contribution in [0.4, 0.5) is 0 Å². The van der Waals surface area contributed by atoms with Gasteiger partial charge in [0.2, 0.25) is 11.8 Å². The number of β-amino-alcohol motifs (C(OH)–C–C–N with tert-alkyl or cyclic N) is 1. The molecule has 2 unspecified atom stereocenters. The highest BCUT2D eigenvalue weighted by Gasteiger charge is 2.77. The highest BCUT2D eigenvalue weighted by molar-refractivity contribution is 8.02. The number of hydrogen-bond donors (Lipinski definition) is 1. The average Bonchev–Trinajstić information content (AvgIpc) is 3.32. The van der Waals surface area contributed by atoms with Crippen LogP contribution in [0.2, 0.25) is 0 Å². The number of thioether (sulfide) groups is 1. The normalized spacial score (nSPS) is 32.7. The van der Waals surface area contributed by atoms with E-state index in [-0.39, 0.29) is 31.6 Å². The molecule has 3 saturated heterocycles. The number of ether oxygens (including phenoxy) is 1. The van der Waals surface area contributed by atoms with Crippen LogP contribution in [0.5, 0.6) is 0 Å². The highest BCUT2D eigenvalue weighted by Crippen LogP contribution is 2.71. The van der Waals surface area contributed by atoms with Gasteiger partial charge in [0.05, 0.1) is 23.2 Å². The molecule has 2 bridgehead atoms. The number of rotatable bonds is 12. The first kappa shape index (κ1) is 24.8. The van der Waals surface area contributed by atoms with Crippen molar-refractivity contribution in [3.8, 4) is 0 Å². The van der Waals surface area contributed by atoms with Gasteiger partial charge in [-0.05, 0) is 26.2 Å². The minimum atomic E-state index is -0.697. The Morgan fingerprint density at radius 1 is 1.31 bits per heavy atom. The van der Waals surface area contributed by atoms with E-state index >= 15 is 0 Å². The summed E-state index contributed by atoms with van der Waals surface area (Å²) in [5.74, 6) is -1.96. The topological polar surface area (TPSA) is 87.1 Å². The van der Waals surface area contributed by atoms with E-state index in [4.69, 9.17) is 4.74 Å². The van der Waals surface area contributed by atoms with Gasteiger partial charge < -0.3 is 19.6 Å².